The number of alkyl halides is 3. The van der Waals surface area contributed by atoms with Crippen molar-refractivity contribution >= 4 is 10.0 Å². The third kappa shape index (κ3) is 3.86. The SMILES string of the molecule is Cc1ccc(S(=O)(=O)NCc2ccccc2C(F)(F)F)cc1. The topological polar surface area (TPSA) is 46.2 Å². The summed E-state index contributed by atoms with van der Waals surface area (Å²) in [6.07, 6.45) is -4.52. The van der Waals surface area contributed by atoms with Gasteiger partial charge < -0.3 is 0 Å². The first kappa shape index (κ1) is 16.5. The second-order valence-electron chi connectivity index (χ2n) is 4.79. The maximum absolute atomic E-state index is 12.9. The average Bonchev–Trinajstić information content (AvgIpc) is 2.45. The molecular formula is C15H14F3NO2S. The normalized spacial score (nSPS) is 12.4. The Kier molecular flexibility index (Phi) is 4.58. The molecule has 0 saturated heterocycles. The van der Waals surface area contributed by atoms with E-state index in [0.717, 1.165) is 11.6 Å². The fourth-order valence-electron chi connectivity index (χ4n) is 1.92. The molecule has 0 fully saturated rings. The molecule has 0 atom stereocenters. The van der Waals surface area contributed by atoms with Gasteiger partial charge in [-0.15, -0.1) is 0 Å². The monoisotopic (exact) mass is 329 g/mol. The molecule has 0 aliphatic heterocycles. The van der Waals surface area contributed by atoms with Crippen LogP contribution in [-0.4, -0.2) is 8.42 Å². The summed E-state index contributed by atoms with van der Waals surface area (Å²) in [5.41, 5.74) is -0.0753. The molecule has 7 heteroatoms. The first-order chi connectivity index (χ1) is 10.2. The highest BCUT2D eigenvalue weighted by Gasteiger charge is 2.33. The van der Waals surface area contributed by atoms with E-state index in [1.807, 2.05) is 6.92 Å². The van der Waals surface area contributed by atoms with Gasteiger partial charge in [-0.1, -0.05) is 35.9 Å². The van der Waals surface area contributed by atoms with Crippen LogP contribution in [0.3, 0.4) is 0 Å². The molecule has 0 aromatic heterocycles. The number of hydrogen-bond donors (Lipinski definition) is 1. The first-order valence-corrected chi connectivity index (χ1v) is 7.90. The van der Waals surface area contributed by atoms with Crippen molar-refractivity contribution in [3.05, 3.63) is 65.2 Å². The van der Waals surface area contributed by atoms with Crippen molar-refractivity contribution in [2.75, 3.05) is 0 Å². The van der Waals surface area contributed by atoms with Gasteiger partial charge in [0.15, 0.2) is 0 Å². The maximum Gasteiger partial charge on any atom is 0.416 e. The van der Waals surface area contributed by atoms with Crippen molar-refractivity contribution in [1.82, 2.24) is 4.72 Å². The van der Waals surface area contributed by atoms with Crippen molar-refractivity contribution in [1.29, 1.82) is 0 Å². The molecule has 0 aliphatic carbocycles. The summed E-state index contributed by atoms with van der Waals surface area (Å²) < 4.78 is 64.9. The van der Waals surface area contributed by atoms with Crippen molar-refractivity contribution in [3.63, 3.8) is 0 Å². The van der Waals surface area contributed by atoms with Crippen molar-refractivity contribution in [2.24, 2.45) is 0 Å². The Morgan fingerprint density at radius 1 is 1.00 bits per heavy atom. The Bertz CT molecular complexity index is 753. The second-order valence-corrected chi connectivity index (χ2v) is 6.56. The first-order valence-electron chi connectivity index (χ1n) is 6.41. The largest absolute Gasteiger partial charge is 0.416 e. The van der Waals surface area contributed by atoms with E-state index < -0.39 is 28.3 Å². The lowest BCUT2D eigenvalue weighted by Gasteiger charge is -2.13. The number of benzene rings is 2. The maximum atomic E-state index is 12.9. The summed E-state index contributed by atoms with van der Waals surface area (Å²) in [7, 11) is -3.85. The fraction of sp³-hybridized carbons (Fsp3) is 0.200. The summed E-state index contributed by atoms with van der Waals surface area (Å²) >= 11 is 0. The van der Waals surface area contributed by atoms with Crippen LogP contribution in [0.25, 0.3) is 0 Å². The Morgan fingerprint density at radius 3 is 2.18 bits per heavy atom. The lowest BCUT2D eigenvalue weighted by Crippen LogP contribution is -2.24. The molecule has 0 spiro atoms. The molecule has 3 nitrogen and oxygen atoms in total. The molecule has 0 unspecified atom stereocenters. The van der Waals surface area contributed by atoms with E-state index in [4.69, 9.17) is 0 Å². The van der Waals surface area contributed by atoms with Crippen LogP contribution in [-0.2, 0) is 22.7 Å². The Balaban J connectivity index is 2.22. The smallest absolute Gasteiger partial charge is 0.207 e. The van der Waals surface area contributed by atoms with Crippen LogP contribution in [0.5, 0.6) is 0 Å². The van der Waals surface area contributed by atoms with Gasteiger partial charge in [-0.25, -0.2) is 13.1 Å². The number of halogens is 3. The highest BCUT2D eigenvalue weighted by atomic mass is 32.2. The van der Waals surface area contributed by atoms with Crippen LogP contribution in [0.15, 0.2) is 53.4 Å². The van der Waals surface area contributed by atoms with Crippen molar-refractivity contribution in [2.45, 2.75) is 24.5 Å². The lowest BCUT2D eigenvalue weighted by molar-refractivity contribution is -0.138. The molecule has 0 bridgehead atoms. The molecule has 22 heavy (non-hydrogen) atoms. The summed E-state index contributed by atoms with van der Waals surface area (Å²) in [6, 6.07) is 10.9. The van der Waals surface area contributed by atoms with Crippen LogP contribution in [0.1, 0.15) is 16.7 Å². The number of rotatable bonds is 4. The molecule has 0 saturated carbocycles. The number of nitrogens with one attached hydrogen (secondary N) is 1. The Hall–Kier alpha value is -1.86. The van der Waals surface area contributed by atoms with Gasteiger partial charge in [0.1, 0.15) is 0 Å². The minimum atomic E-state index is -4.52. The predicted molar refractivity (Wildman–Crippen MR) is 76.6 cm³/mol. The van der Waals surface area contributed by atoms with Crippen LogP contribution in [0, 0.1) is 6.92 Å². The third-order valence-electron chi connectivity index (χ3n) is 3.11. The quantitative estimate of drug-likeness (QED) is 0.933. The van der Waals surface area contributed by atoms with Gasteiger partial charge in [0.25, 0.3) is 0 Å². The summed E-state index contributed by atoms with van der Waals surface area (Å²) in [6.45, 7) is 1.38. The fourth-order valence-corrected chi connectivity index (χ4v) is 2.93. The number of aryl methyl sites for hydroxylation is 1. The van der Waals surface area contributed by atoms with E-state index in [1.165, 1.54) is 30.3 Å². The molecule has 2 rings (SSSR count). The van der Waals surface area contributed by atoms with E-state index in [1.54, 1.807) is 12.1 Å². The van der Waals surface area contributed by atoms with Crippen LogP contribution in [0.2, 0.25) is 0 Å². The van der Waals surface area contributed by atoms with Gasteiger partial charge in [0, 0.05) is 6.54 Å². The lowest BCUT2D eigenvalue weighted by atomic mass is 10.1. The van der Waals surface area contributed by atoms with Crippen LogP contribution in [0.4, 0.5) is 13.2 Å². The molecule has 0 heterocycles. The van der Waals surface area contributed by atoms with E-state index in [9.17, 15) is 21.6 Å². The molecule has 0 amide bonds. The van der Waals surface area contributed by atoms with Crippen LogP contribution >= 0.6 is 0 Å². The molecule has 0 aliphatic rings. The Labute approximate surface area is 126 Å². The average molecular weight is 329 g/mol. The van der Waals surface area contributed by atoms with Gasteiger partial charge in [-0.05, 0) is 30.7 Å². The number of hydrogen-bond acceptors (Lipinski definition) is 2. The zero-order valence-electron chi connectivity index (χ0n) is 11.7. The molecule has 0 radical (unpaired) electrons. The van der Waals surface area contributed by atoms with Crippen molar-refractivity contribution in [3.8, 4) is 0 Å². The van der Waals surface area contributed by atoms with Gasteiger partial charge in [-0.2, -0.15) is 13.2 Å². The molecular weight excluding hydrogens is 315 g/mol. The third-order valence-corrected chi connectivity index (χ3v) is 4.52. The minimum absolute atomic E-state index is 0.0163. The standard InChI is InChI=1S/C15H14F3NO2S/c1-11-6-8-13(9-7-11)22(20,21)19-10-12-4-2-3-5-14(12)15(16,17)18/h2-9,19H,10H2,1H3. The Morgan fingerprint density at radius 2 is 1.59 bits per heavy atom. The van der Waals surface area contributed by atoms with E-state index in [-0.39, 0.29) is 10.5 Å². The van der Waals surface area contributed by atoms with Gasteiger partial charge >= 0.3 is 6.18 Å². The molecule has 118 valence electrons. The van der Waals surface area contributed by atoms with Gasteiger partial charge in [0.05, 0.1) is 10.5 Å². The van der Waals surface area contributed by atoms with E-state index in [0.29, 0.717) is 0 Å². The van der Waals surface area contributed by atoms with Gasteiger partial charge in [-0.3, -0.25) is 0 Å². The molecule has 2 aromatic rings. The highest BCUT2D eigenvalue weighted by Crippen LogP contribution is 2.31. The van der Waals surface area contributed by atoms with E-state index in [2.05, 4.69) is 4.72 Å². The highest BCUT2D eigenvalue weighted by molar-refractivity contribution is 7.89. The zero-order chi connectivity index (χ0) is 16.4. The summed E-state index contributed by atoms with van der Waals surface area (Å²) in [5.74, 6) is 0. The molecule has 1 N–H and O–H groups in total. The van der Waals surface area contributed by atoms with E-state index >= 15 is 0 Å². The predicted octanol–water partition coefficient (Wildman–Crippen LogP) is 3.49. The zero-order valence-corrected chi connectivity index (χ0v) is 12.5. The van der Waals surface area contributed by atoms with Crippen LogP contribution < -0.4 is 4.72 Å². The second kappa shape index (κ2) is 6.10. The summed E-state index contributed by atoms with van der Waals surface area (Å²) in [5, 5.41) is 0. The minimum Gasteiger partial charge on any atom is -0.207 e. The molecule has 2 aromatic carbocycles. The van der Waals surface area contributed by atoms with Gasteiger partial charge in [0.2, 0.25) is 10.0 Å². The summed E-state index contributed by atoms with van der Waals surface area (Å²) in [4.78, 5) is 0.0163. The van der Waals surface area contributed by atoms with Crippen molar-refractivity contribution < 1.29 is 21.6 Å². The number of sulfonamides is 1.